The summed E-state index contributed by atoms with van der Waals surface area (Å²) in [5.41, 5.74) is 2.73. The van der Waals surface area contributed by atoms with Gasteiger partial charge in [-0.25, -0.2) is 4.98 Å². The lowest BCUT2D eigenvalue weighted by atomic mass is 10.00. The predicted molar refractivity (Wildman–Crippen MR) is 143 cm³/mol. The third-order valence-electron chi connectivity index (χ3n) is 6.27. The minimum absolute atomic E-state index is 0. The predicted octanol–water partition coefficient (Wildman–Crippen LogP) is 6.02. The van der Waals surface area contributed by atoms with Crippen molar-refractivity contribution in [3.63, 3.8) is 0 Å². The lowest BCUT2D eigenvalue weighted by Crippen LogP contribution is -2.37. The summed E-state index contributed by atoms with van der Waals surface area (Å²) in [7, 11) is 0. The minimum atomic E-state index is -4.42. The highest BCUT2D eigenvalue weighted by molar-refractivity contribution is 5.89. The van der Waals surface area contributed by atoms with Crippen LogP contribution in [0.25, 0.3) is 27.8 Å². The molecule has 37 heavy (non-hydrogen) atoms. The van der Waals surface area contributed by atoms with Crippen molar-refractivity contribution in [1.29, 1.82) is 5.26 Å². The van der Waals surface area contributed by atoms with Gasteiger partial charge in [-0.15, -0.1) is 24.8 Å². The Morgan fingerprint density at radius 2 is 1.73 bits per heavy atom. The second-order valence-electron chi connectivity index (χ2n) is 8.50. The first kappa shape index (κ1) is 28.5. The van der Waals surface area contributed by atoms with E-state index in [1.807, 2.05) is 34.7 Å². The molecule has 1 aliphatic rings. The average Bonchev–Trinajstić information content (AvgIpc) is 3.26. The van der Waals surface area contributed by atoms with Crippen LogP contribution in [-0.2, 0) is 10.9 Å². The van der Waals surface area contributed by atoms with Gasteiger partial charge < -0.3 is 10.1 Å². The number of alkyl halides is 3. The lowest BCUT2D eigenvalue weighted by molar-refractivity contribution is -0.137. The number of anilines is 1. The Balaban J connectivity index is 0.00000190. The maximum atomic E-state index is 13.1. The number of fused-ring (bicyclic) bond motifs is 3. The molecule has 0 amide bonds. The first-order valence-electron chi connectivity index (χ1n) is 11.5. The Kier molecular flexibility index (Phi) is 9.26. The fraction of sp³-hybridized carbons (Fsp3) is 0.308. The number of morpholine rings is 1. The smallest absolute Gasteiger partial charge is 0.379 e. The summed E-state index contributed by atoms with van der Waals surface area (Å²) in [4.78, 5) is 7.05. The van der Waals surface area contributed by atoms with Gasteiger partial charge in [0.25, 0.3) is 0 Å². The molecule has 1 saturated heterocycles. The zero-order valence-corrected chi connectivity index (χ0v) is 21.4. The third-order valence-corrected chi connectivity index (χ3v) is 6.27. The van der Waals surface area contributed by atoms with Gasteiger partial charge in [0, 0.05) is 25.2 Å². The molecule has 11 heteroatoms. The minimum Gasteiger partial charge on any atom is -0.379 e. The third kappa shape index (κ3) is 5.94. The first-order valence-corrected chi connectivity index (χ1v) is 11.5. The zero-order chi connectivity index (χ0) is 24.4. The van der Waals surface area contributed by atoms with Crippen LogP contribution in [0.2, 0.25) is 0 Å². The van der Waals surface area contributed by atoms with Crippen molar-refractivity contribution in [2.24, 2.45) is 0 Å². The van der Waals surface area contributed by atoms with Crippen molar-refractivity contribution in [2.75, 3.05) is 44.7 Å². The van der Waals surface area contributed by atoms with E-state index in [9.17, 15) is 18.4 Å². The monoisotopic (exact) mass is 551 g/mol. The number of nitriles is 1. The van der Waals surface area contributed by atoms with Gasteiger partial charge in [-0.3, -0.25) is 9.30 Å². The van der Waals surface area contributed by atoms with Crippen LogP contribution in [0.3, 0.4) is 0 Å². The van der Waals surface area contributed by atoms with Gasteiger partial charge in [-0.1, -0.05) is 24.3 Å². The topological polar surface area (TPSA) is 65.6 Å². The van der Waals surface area contributed by atoms with Gasteiger partial charge in [0.1, 0.15) is 17.5 Å². The average molecular weight is 552 g/mol. The fourth-order valence-electron chi connectivity index (χ4n) is 4.48. The summed E-state index contributed by atoms with van der Waals surface area (Å²) in [6, 6.07) is 16.6. The SMILES string of the molecule is Cl.Cl.N#Cc1c(-c2ccc(C(F)(F)F)cc2)cc(NCCCN2CCOCC2)n2c1nc1ccccc12. The van der Waals surface area contributed by atoms with E-state index >= 15 is 0 Å². The lowest BCUT2D eigenvalue weighted by Gasteiger charge is -2.26. The number of pyridine rings is 1. The number of rotatable bonds is 6. The van der Waals surface area contributed by atoms with E-state index in [4.69, 9.17) is 4.74 Å². The standard InChI is InChI=1S/C26H24F3N5O.2ClH/c27-26(28,29)19-8-6-18(7-9-19)20-16-24(31-10-3-11-33-12-14-35-15-13-33)34-23-5-2-1-4-22(23)32-25(34)21(20)17-30;;/h1-2,4-9,16,31H,3,10-15H2;2*1H. The van der Waals surface area contributed by atoms with Crippen LogP contribution < -0.4 is 5.32 Å². The number of hydrogen-bond donors (Lipinski definition) is 1. The van der Waals surface area contributed by atoms with E-state index in [-0.39, 0.29) is 24.8 Å². The maximum absolute atomic E-state index is 13.1. The summed E-state index contributed by atoms with van der Waals surface area (Å²) in [5, 5.41) is 13.5. The van der Waals surface area contributed by atoms with E-state index in [0.29, 0.717) is 28.9 Å². The number of ether oxygens (including phenoxy) is 1. The number of nitrogens with one attached hydrogen (secondary N) is 1. The molecular formula is C26H26Cl2F3N5O. The van der Waals surface area contributed by atoms with Gasteiger partial charge in [0.05, 0.1) is 29.8 Å². The van der Waals surface area contributed by atoms with Gasteiger partial charge in [0.15, 0.2) is 5.65 Å². The van der Waals surface area contributed by atoms with Crippen LogP contribution in [0.4, 0.5) is 19.0 Å². The number of halogens is 5. The zero-order valence-electron chi connectivity index (χ0n) is 19.8. The molecule has 5 rings (SSSR count). The summed E-state index contributed by atoms with van der Waals surface area (Å²) in [5.74, 6) is 0.740. The van der Waals surface area contributed by atoms with Crippen molar-refractivity contribution in [3.8, 4) is 17.2 Å². The summed E-state index contributed by atoms with van der Waals surface area (Å²) in [6.07, 6.45) is -3.52. The van der Waals surface area contributed by atoms with Crippen molar-refractivity contribution < 1.29 is 17.9 Å². The Bertz CT molecular complexity index is 1390. The van der Waals surface area contributed by atoms with Crippen molar-refractivity contribution in [2.45, 2.75) is 12.6 Å². The van der Waals surface area contributed by atoms with Crippen LogP contribution in [0.1, 0.15) is 17.5 Å². The van der Waals surface area contributed by atoms with E-state index in [1.54, 1.807) is 0 Å². The summed E-state index contributed by atoms with van der Waals surface area (Å²) < 4.78 is 46.6. The van der Waals surface area contributed by atoms with E-state index in [0.717, 1.165) is 68.3 Å². The highest BCUT2D eigenvalue weighted by Crippen LogP contribution is 2.35. The van der Waals surface area contributed by atoms with E-state index < -0.39 is 11.7 Å². The summed E-state index contributed by atoms with van der Waals surface area (Å²) >= 11 is 0. The number of nitrogens with zero attached hydrogens (tertiary/aromatic N) is 4. The van der Waals surface area contributed by atoms with Crippen LogP contribution in [0.5, 0.6) is 0 Å². The molecule has 0 radical (unpaired) electrons. The highest BCUT2D eigenvalue weighted by Gasteiger charge is 2.30. The molecule has 1 fully saturated rings. The van der Waals surface area contributed by atoms with E-state index in [2.05, 4.69) is 21.3 Å². The second-order valence-corrected chi connectivity index (χ2v) is 8.50. The highest BCUT2D eigenvalue weighted by atomic mass is 35.5. The van der Waals surface area contributed by atoms with Crippen LogP contribution >= 0.6 is 24.8 Å². The van der Waals surface area contributed by atoms with Crippen LogP contribution in [0, 0.1) is 11.3 Å². The molecule has 0 unspecified atom stereocenters. The molecule has 0 aliphatic carbocycles. The maximum Gasteiger partial charge on any atom is 0.416 e. The molecule has 196 valence electrons. The molecule has 0 bridgehead atoms. The molecule has 3 heterocycles. The number of hydrogen-bond acceptors (Lipinski definition) is 5. The number of imidazole rings is 1. The molecule has 1 aliphatic heterocycles. The van der Waals surface area contributed by atoms with Crippen LogP contribution in [-0.4, -0.2) is 53.7 Å². The van der Waals surface area contributed by atoms with Gasteiger partial charge in [0.2, 0.25) is 0 Å². The largest absolute Gasteiger partial charge is 0.416 e. The van der Waals surface area contributed by atoms with Gasteiger partial charge in [-0.2, -0.15) is 18.4 Å². The molecule has 2 aromatic heterocycles. The van der Waals surface area contributed by atoms with E-state index in [1.165, 1.54) is 12.1 Å². The van der Waals surface area contributed by atoms with Gasteiger partial charge in [-0.05, 0) is 48.9 Å². The Morgan fingerprint density at radius 1 is 1.03 bits per heavy atom. The van der Waals surface area contributed by atoms with Gasteiger partial charge >= 0.3 is 6.18 Å². The molecule has 0 atom stereocenters. The first-order chi connectivity index (χ1) is 17.0. The molecule has 0 saturated carbocycles. The summed E-state index contributed by atoms with van der Waals surface area (Å²) in [6.45, 7) is 4.97. The quantitative estimate of drug-likeness (QED) is 0.297. The van der Waals surface area contributed by atoms with Crippen LogP contribution in [0.15, 0.2) is 54.6 Å². The number of aromatic nitrogens is 2. The molecule has 1 N–H and O–H groups in total. The van der Waals surface area contributed by atoms with Crippen molar-refractivity contribution in [1.82, 2.24) is 14.3 Å². The normalized spacial score (nSPS) is 14.1. The number of para-hydroxylation sites is 2. The molecule has 2 aromatic carbocycles. The second kappa shape index (κ2) is 12.0. The molecule has 6 nitrogen and oxygen atoms in total. The Labute approximate surface area is 224 Å². The number of benzene rings is 2. The Morgan fingerprint density at radius 3 is 2.41 bits per heavy atom. The molecule has 4 aromatic rings. The molecule has 0 spiro atoms. The Hall–Kier alpha value is -3.03. The fourth-order valence-corrected chi connectivity index (χ4v) is 4.48. The molecular weight excluding hydrogens is 526 g/mol. The van der Waals surface area contributed by atoms with Crippen molar-refractivity contribution in [3.05, 3.63) is 65.7 Å². The van der Waals surface area contributed by atoms with Crippen molar-refractivity contribution >= 4 is 47.3 Å².